The van der Waals surface area contributed by atoms with Gasteiger partial charge in [-0.25, -0.2) is 4.79 Å². The lowest BCUT2D eigenvalue weighted by Gasteiger charge is -2.05. The lowest BCUT2D eigenvalue weighted by molar-refractivity contribution is 0.0699. The molecule has 1 N–H and O–H groups in total. The molecule has 3 rings (SSSR count). The van der Waals surface area contributed by atoms with Gasteiger partial charge in [0.05, 0.1) is 6.61 Å². The van der Waals surface area contributed by atoms with Crippen molar-refractivity contribution in [3.05, 3.63) is 53.4 Å². The van der Waals surface area contributed by atoms with E-state index in [1.165, 1.54) is 23.1 Å². The van der Waals surface area contributed by atoms with Gasteiger partial charge in [-0.2, -0.15) is 0 Å². The second-order valence-electron chi connectivity index (χ2n) is 4.57. The summed E-state index contributed by atoms with van der Waals surface area (Å²) in [5, 5.41) is 10.4. The number of ether oxygens (including phenoxy) is 1. The van der Waals surface area contributed by atoms with Crippen LogP contribution in [0.5, 0.6) is 5.75 Å². The molecule has 0 fully saturated rings. The molecule has 1 aromatic heterocycles. The highest BCUT2D eigenvalue weighted by Crippen LogP contribution is 2.42. The zero-order valence-corrected chi connectivity index (χ0v) is 13.5. The molecule has 112 valence electrons. The highest BCUT2D eigenvalue weighted by atomic mass is 32.2. The van der Waals surface area contributed by atoms with Gasteiger partial charge in [0, 0.05) is 19.9 Å². The third-order valence-corrected chi connectivity index (χ3v) is 5.51. The van der Waals surface area contributed by atoms with Crippen LogP contribution in [0.3, 0.4) is 0 Å². The minimum atomic E-state index is -0.891. The summed E-state index contributed by atoms with van der Waals surface area (Å²) in [6.07, 6.45) is 0. The number of benzene rings is 2. The topological polar surface area (TPSA) is 46.5 Å². The van der Waals surface area contributed by atoms with Gasteiger partial charge < -0.3 is 9.84 Å². The van der Waals surface area contributed by atoms with Crippen LogP contribution in [0.25, 0.3) is 10.1 Å². The molecule has 22 heavy (non-hydrogen) atoms. The SMILES string of the molecule is CCOc1ccc2sc(C(=O)O)c(Sc3ccccc3)c2c1. The summed E-state index contributed by atoms with van der Waals surface area (Å²) in [6.45, 7) is 2.52. The first-order valence-electron chi connectivity index (χ1n) is 6.84. The number of carbonyl (C=O) groups is 1. The summed E-state index contributed by atoms with van der Waals surface area (Å²) in [6, 6.07) is 15.5. The van der Waals surface area contributed by atoms with E-state index in [-0.39, 0.29) is 0 Å². The highest BCUT2D eigenvalue weighted by molar-refractivity contribution is 7.99. The van der Waals surface area contributed by atoms with Gasteiger partial charge in [-0.3, -0.25) is 0 Å². The minimum absolute atomic E-state index is 0.373. The first-order chi connectivity index (χ1) is 10.7. The molecule has 0 radical (unpaired) electrons. The molecule has 0 saturated carbocycles. The van der Waals surface area contributed by atoms with Crippen LogP contribution in [-0.4, -0.2) is 17.7 Å². The van der Waals surface area contributed by atoms with Crippen LogP contribution >= 0.6 is 23.1 Å². The third kappa shape index (κ3) is 2.96. The average Bonchev–Trinajstić information content (AvgIpc) is 2.87. The number of aromatic carboxylic acids is 1. The number of rotatable bonds is 5. The second kappa shape index (κ2) is 6.42. The molecule has 0 saturated heterocycles. The molecular formula is C17H14O3S2. The van der Waals surface area contributed by atoms with Gasteiger partial charge >= 0.3 is 5.97 Å². The quantitative estimate of drug-likeness (QED) is 0.703. The van der Waals surface area contributed by atoms with Crippen molar-refractivity contribution in [2.75, 3.05) is 6.61 Å². The van der Waals surface area contributed by atoms with Crippen LogP contribution in [0.4, 0.5) is 0 Å². The summed E-state index contributed by atoms with van der Waals surface area (Å²) in [5.74, 6) is -0.128. The van der Waals surface area contributed by atoms with Crippen molar-refractivity contribution >= 4 is 39.2 Å². The summed E-state index contributed by atoms with van der Waals surface area (Å²) in [4.78, 5) is 13.7. The van der Waals surface area contributed by atoms with E-state index in [4.69, 9.17) is 4.74 Å². The Kier molecular flexibility index (Phi) is 4.36. The van der Waals surface area contributed by atoms with Crippen LogP contribution < -0.4 is 4.74 Å². The number of thiophene rings is 1. The van der Waals surface area contributed by atoms with Crippen molar-refractivity contribution in [1.29, 1.82) is 0 Å². The van der Waals surface area contributed by atoms with Crippen molar-refractivity contribution in [3.8, 4) is 5.75 Å². The molecule has 0 bridgehead atoms. The molecule has 0 unspecified atom stereocenters. The largest absolute Gasteiger partial charge is 0.494 e. The van der Waals surface area contributed by atoms with E-state index >= 15 is 0 Å². The van der Waals surface area contributed by atoms with Crippen LogP contribution in [0.2, 0.25) is 0 Å². The van der Waals surface area contributed by atoms with Gasteiger partial charge in [0.15, 0.2) is 0 Å². The van der Waals surface area contributed by atoms with Crippen molar-refractivity contribution < 1.29 is 14.6 Å². The van der Waals surface area contributed by atoms with Crippen LogP contribution in [0, 0.1) is 0 Å². The van der Waals surface area contributed by atoms with E-state index in [2.05, 4.69) is 0 Å². The van der Waals surface area contributed by atoms with Gasteiger partial charge in [0.25, 0.3) is 0 Å². The Morgan fingerprint density at radius 1 is 1.23 bits per heavy atom. The minimum Gasteiger partial charge on any atom is -0.494 e. The van der Waals surface area contributed by atoms with Gasteiger partial charge in [-0.05, 0) is 37.3 Å². The van der Waals surface area contributed by atoms with Crippen LogP contribution in [0.1, 0.15) is 16.6 Å². The number of hydrogen-bond donors (Lipinski definition) is 1. The monoisotopic (exact) mass is 330 g/mol. The molecule has 0 amide bonds. The standard InChI is InChI=1S/C17H14O3S2/c1-2-20-11-8-9-14-13(10-11)15(16(22-14)17(18)19)21-12-6-4-3-5-7-12/h3-10H,2H2,1H3,(H,18,19). The highest BCUT2D eigenvalue weighted by Gasteiger charge is 2.19. The zero-order valence-electron chi connectivity index (χ0n) is 11.9. The predicted octanol–water partition coefficient (Wildman–Crippen LogP) is 5.15. The van der Waals surface area contributed by atoms with Gasteiger partial charge in [-0.15, -0.1) is 11.3 Å². The van der Waals surface area contributed by atoms with Gasteiger partial charge in [-0.1, -0.05) is 30.0 Å². The molecule has 0 spiro atoms. The Morgan fingerprint density at radius 2 is 2.00 bits per heavy atom. The fourth-order valence-corrected chi connectivity index (χ4v) is 4.38. The van der Waals surface area contributed by atoms with E-state index in [1.807, 2.05) is 55.5 Å². The van der Waals surface area contributed by atoms with Crippen molar-refractivity contribution in [3.63, 3.8) is 0 Å². The molecule has 2 aromatic carbocycles. The van der Waals surface area contributed by atoms with Crippen molar-refractivity contribution in [2.45, 2.75) is 16.7 Å². The molecular weight excluding hydrogens is 316 g/mol. The average molecular weight is 330 g/mol. The Balaban J connectivity index is 2.13. The molecule has 0 aliphatic carbocycles. The maximum atomic E-state index is 11.6. The molecule has 5 heteroatoms. The van der Waals surface area contributed by atoms with E-state index in [1.54, 1.807) is 0 Å². The normalized spacial score (nSPS) is 10.8. The van der Waals surface area contributed by atoms with Crippen molar-refractivity contribution in [1.82, 2.24) is 0 Å². The molecule has 0 aliphatic rings. The summed E-state index contributed by atoms with van der Waals surface area (Å²) in [7, 11) is 0. The smallest absolute Gasteiger partial charge is 0.347 e. The lowest BCUT2D eigenvalue weighted by atomic mass is 10.2. The second-order valence-corrected chi connectivity index (χ2v) is 6.71. The maximum absolute atomic E-state index is 11.6. The molecule has 1 heterocycles. The maximum Gasteiger partial charge on any atom is 0.347 e. The molecule has 0 atom stereocenters. The van der Waals surface area contributed by atoms with Crippen molar-refractivity contribution in [2.24, 2.45) is 0 Å². The summed E-state index contributed by atoms with van der Waals surface area (Å²) < 4.78 is 6.49. The Hall–Kier alpha value is -1.98. The number of carboxylic acid groups (broad SMARTS) is 1. The van der Waals surface area contributed by atoms with E-state index < -0.39 is 5.97 Å². The first kappa shape index (κ1) is 14.9. The molecule has 0 aliphatic heterocycles. The summed E-state index contributed by atoms with van der Waals surface area (Å²) in [5.41, 5.74) is 0. The van der Waals surface area contributed by atoms with Gasteiger partial charge in [0.1, 0.15) is 10.6 Å². The predicted molar refractivity (Wildman–Crippen MR) is 90.5 cm³/mol. The van der Waals surface area contributed by atoms with E-state index in [9.17, 15) is 9.90 Å². The number of fused-ring (bicyclic) bond motifs is 1. The van der Waals surface area contributed by atoms with Crippen LogP contribution in [-0.2, 0) is 0 Å². The Morgan fingerprint density at radius 3 is 2.68 bits per heavy atom. The number of carboxylic acids is 1. The Labute approximate surface area is 136 Å². The Bertz CT molecular complexity index is 809. The fraction of sp³-hybridized carbons (Fsp3) is 0.118. The zero-order chi connectivity index (χ0) is 15.5. The van der Waals surface area contributed by atoms with E-state index in [0.717, 1.165) is 25.6 Å². The lowest BCUT2D eigenvalue weighted by Crippen LogP contribution is -1.94. The number of hydrogen-bond acceptors (Lipinski definition) is 4. The summed E-state index contributed by atoms with van der Waals surface area (Å²) >= 11 is 2.78. The van der Waals surface area contributed by atoms with Gasteiger partial charge in [0.2, 0.25) is 0 Å². The van der Waals surface area contributed by atoms with E-state index in [0.29, 0.717) is 11.5 Å². The molecule has 3 aromatic rings. The first-order valence-corrected chi connectivity index (χ1v) is 8.48. The molecule has 3 nitrogen and oxygen atoms in total. The van der Waals surface area contributed by atoms with Crippen LogP contribution in [0.15, 0.2) is 58.3 Å². The fourth-order valence-electron chi connectivity index (χ4n) is 2.16. The third-order valence-electron chi connectivity index (χ3n) is 3.08.